The summed E-state index contributed by atoms with van der Waals surface area (Å²) in [5, 5.41) is 9.64. The first-order valence-corrected chi connectivity index (χ1v) is 7.13. The van der Waals surface area contributed by atoms with Crippen molar-refractivity contribution in [2.75, 3.05) is 0 Å². The number of carbonyl (C=O) groups excluding carboxylic acids is 1. The van der Waals surface area contributed by atoms with E-state index in [-0.39, 0.29) is 29.3 Å². The lowest BCUT2D eigenvalue weighted by atomic mass is 9.87. The summed E-state index contributed by atoms with van der Waals surface area (Å²) >= 11 is 6.06. The van der Waals surface area contributed by atoms with Gasteiger partial charge in [0.25, 0.3) is 0 Å². The van der Waals surface area contributed by atoms with Gasteiger partial charge in [-0.1, -0.05) is 24.2 Å². The summed E-state index contributed by atoms with van der Waals surface area (Å²) in [4.78, 5) is 13.5. The summed E-state index contributed by atoms with van der Waals surface area (Å²) in [7, 11) is 0. The molecule has 1 saturated carbocycles. The van der Waals surface area contributed by atoms with Crippen molar-refractivity contribution >= 4 is 17.5 Å². The van der Waals surface area contributed by atoms with Crippen LogP contribution in [-0.4, -0.2) is 34.7 Å². The lowest BCUT2D eigenvalue weighted by Gasteiger charge is -2.40. The molecule has 1 aromatic rings. The van der Waals surface area contributed by atoms with Crippen LogP contribution < -0.4 is 4.74 Å². The number of carbonyl (C=O) groups is 1. The number of aliphatic hydroxyl groups excluding tert-OH is 1. The Morgan fingerprint density at radius 2 is 2.23 bits per heavy atom. The van der Waals surface area contributed by atoms with E-state index in [2.05, 4.69) is 11.3 Å². The van der Waals surface area contributed by atoms with E-state index in [0.717, 1.165) is 6.08 Å². The summed E-state index contributed by atoms with van der Waals surface area (Å²) in [6.45, 7) is 0.476. The number of benzene rings is 1. The third-order valence-corrected chi connectivity index (χ3v) is 3.96. The number of rotatable bonds is 6. The van der Waals surface area contributed by atoms with E-state index in [0.29, 0.717) is 18.4 Å². The molecule has 0 bridgehead atoms. The van der Waals surface area contributed by atoms with Crippen LogP contribution in [0.25, 0.3) is 0 Å². The number of aliphatic hydroxyl groups is 1. The number of hydrogen-bond acceptors (Lipinski definition) is 3. The zero-order valence-electron chi connectivity index (χ0n) is 11.7. The maximum atomic E-state index is 12.5. The molecule has 22 heavy (non-hydrogen) atoms. The molecule has 0 radical (unpaired) electrons. The van der Waals surface area contributed by atoms with Gasteiger partial charge in [0, 0.05) is 16.6 Å². The van der Waals surface area contributed by atoms with Crippen molar-refractivity contribution < 1.29 is 23.4 Å². The topological polar surface area (TPSA) is 49.8 Å². The van der Waals surface area contributed by atoms with Gasteiger partial charge in [-0.05, 0) is 31.1 Å². The summed E-state index contributed by atoms with van der Waals surface area (Å²) in [5.74, 6) is -0.413. The maximum absolute atomic E-state index is 12.5. The van der Waals surface area contributed by atoms with Crippen LogP contribution in [0, 0.1) is 0 Å². The Morgan fingerprint density at radius 1 is 1.55 bits per heavy atom. The fourth-order valence-electron chi connectivity index (χ4n) is 2.39. The van der Waals surface area contributed by atoms with Crippen LogP contribution in [0.15, 0.2) is 30.9 Å². The molecule has 0 atom stereocenters. The van der Waals surface area contributed by atoms with Crippen LogP contribution >= 0.6 is 11.6 Å². The van der Waals surface area contributed by atoms with Gasteiger partial charge in [0.2, 0.25) is 5.91 Å². The molecule has 0 aromatic heterocycles. The minimum absolute atomic E-state index is 0.0178. The molecule has 0 aliphatic heterocycles. The molecular weight excluding hydrogens is 316 g/mol. The van der Waals surface area contributed by atoms with E-state index in [1.807, 2.05) is 0 Å². The van der Waals surface area contributed by atoms with Gasteiger partial charge in [-0.3, -0.25) is 4.79 Å². The van der Waals surface area contributed by atoms with Crippen LogP contribution in [0.4, 0.5) is 8.78 Å². The minimum Gasteiger partial charge on any atom is -0.434 e. The van der Waals surface area contributed by atoms with Crippen molar-refractivity contribution in [3.05, 3.63) is 41.4 Å². The Hall–Kier alpha value is -1.66. The van der Waals surface area contributed by atoms with Crippen molar-refractivity contribution in [3.63, 3.8) is 0 Å². The summed E-state index contributed by atoms with van der Waals surface area (Å²) in [6, 6.07) is 4.24. The third kappa shape index (κ3) is 3.75. The van der Waals surface area contributed by atoms with Gasteiger partial charge >= 0.3 is 6.61 Å². The van der Waals surface area contributed by atoms with Gasteiger partial charge in [0.15, 0.2) is 0 Å². The molecule has 1 aromatic carbocycles. The van der Waals surface area contributed by atoms with Crippen LogP contribution in [0.1, 0.15) is 18.4 Å². The zero-order chi connectivity index (χ0) is 16.3. The lowest BCUT2D eigenvalue weighted by Crippen LogP contribution is -2.49. The second-order valence-electron chi connectivity index (χ2n) is 5.04. The number of nitrogens with zero attached hydrogens (tertiary/aromatic N) is 1. The molecule has 0 spiro atoms. The molecule has 120 valence electrons. The number of ether oxygens (including phenoxy) is 1. The molecule has 1 N–H and O–H groups in total. The van der Waals surface area contributed by atoms with E-state index in [9.17, 15) is 18.7 Å². The second kappa shape index (κ2) is 7.07. The van der Waals surface area contributed by atoms with Crippen molar-refractivity contribution in [2.24, 2.45) is 0 Å². The molecule has 2 rings (SSSR count). The van der Waals surface area contributed by atoms with E-state index < -0.39 is 12.7 Å². The Balaban J connectivity index is 2.25. The van der Waals surface area contributed by atoms with Crippen molar-refractivity contribution in [1.82, 2.24) is 4.90 Å². The van der Waals surface area contributed by atoms with Crippen molar-refractivity contribution in [1.29, 1.82) is 0 Å². The van der Waals surface area contributed by atoms with E-state index in [1.165, 1.54) is 17.0 Å². The van der Waals surface area contributed by atoms with Gasteiger partial charge < -0.3 is 14.7 Å². The first-order chi connectivity index (χ1) is 10.4. The van der Waals surface area contributed by atoms with E-state index in [1.54, 1.807) is 6.07 Å². The molecule has 0 heterocycles. The summed E-state index contributed by atoms with van der Waals surface area (Å²) in [6.07, 6.45) is 1.58. The Bertz CT molecular complexity index is 562. The Labute approximate surface area is 131 Å². The third-order valence-electron chi connectivity index (χ3n) is 3.61. The average Bonchev–Trinajstić information content (AvgIpc) is 2.43. The highest BCUT2D eigenvalue weighted by molar-refractivity contribution is 6.31. The van der Waals surface area contributed by atoms with Gasteiger partial charge in [-0.2, -0.15) is 8.78 Å². The predicted octanol–water partition coefficient (Wildman–Crippen LogP) is 2.98. The molecule has 0 unspecified atom stereocenters. The highest BCUT2D eigenvalue weighted by atomic mass is 35.5. The summed E-state index contributed by atoms with van der Waals surface area (Å²) < 4.78 is 29.4. The molecule has 1 amide bonds. The quantitative estimate of drug-likeness (QED) is 0.815. The van der Waals surface area contributed by atoms with Gasteiger partial charge in [-0.15, -0.1) is 0 Å². The fraction of sp³-hybridized carbons (Fsp3) is 0.400. The highest BCUT2D eigenvalue weighted by Crippen LogP contribution is 2.33. The van der Waals surface area contributed by atoms with Gasteiger partial charge in [0.05, 0.1) is 12.6 Å². The molecule has 1 fully saturated rings. The highest BCUT2D eigenvalue weighted by Gasteiger charge is 2.35. The number of alkyl halides is 2. The van der Waals surface area contributed by atoms with Gasteiger partial charge in [0.1, 0.15) is 5.75 Å². The number of hydrogen-bond donors (Lipinski definition) is 1. The van der Waals surface area contributed by atoms with Crippen molar-refractivity contribution in [2.45, 2.75) is 38.1 Å². The van der Waals surface area contributed by atoms with Crippen LogP contribution in [0.2, 0.25) is 5.02 Å². The van der Waals surface area contributed by atoms with Crippen molar-refractivity contribution in [3.8, 4) is 5.75 Å². The first-order valence-electron chi connectivity index (χ1n) is 6.75. The average molecular weight is 332 g/mol. The Kier molecular flexibility index (Phi) is 5.37. The number of amides is 1. The predicted molar refractivity (Wildman–Crippen MR) is 77.9 cm³/mol. The number of halogens is 3. The largest absolute Gasteiger partial charge is 0.434 e. The molecule has 7 heteroatoms. The van der Waals surface area contributed by atoms with E-state index >= 15 is 0 Å². The standard InChI is InChI=1S/C15H16ClF2NO3/c1-2-14(21)19(9-6-10(20)7-9)8-11-12(16)4-3-5-13(11)22-15(17)18/h2-5,9-10,15,20H,1,6-8H2. The SMILES string of the molecule is C=CC(=O)N(Cc1c(Cl)cccc1OC(F)F)C1CC(O)C1. The van der Waals surface area contributed by atoms with Crippen LogP contribution in [-0.2, 0) is 11.3 Å². The normalized spacial score (nSPS) is 20.4. The van der Waals surface area contributed by atoms with E-state index in [4.69, 9.17) is 11.6 Å². The fourth-order valence-corrected chi connectivity index (χ4v) is 2.61. The summed E-state index contributed by atoms with van der Waals surface area (Å²) in [5.41, 5.74) is 0.307. The minimum atomic E-state index is -2.98. The van der Waals surface area contributed by atoms with Crippen LogP contribution in [0.5, 0.6) is 5.75 Å². The molecular formula is C15H16ClF2NO3. The van der Waals surface area contributed by atoms with Crippen LogP contribution in [0.3, 0.4) is 0 Å². The van der Waals surface area contributed by atoms with Gasteiger partial charge in [-0.25, -0.2) is 0 Å². The molecule has 4 nitrogen and oxygen atoms in total. The molecule has 1 aliphatic rings. The smallest absolute Gasteiger partial charge is 0.387 e. The zero-order valence-corrected chi connectivity index (χ0v) is 12.5. The first kappa shape index (κ1) is 16.7. The lowest BCUT2D eigenvalue weighted by molar-refractivity contribution is -0.133. The second-order valence-corrected chi connectivity index (χ2v) is 5.45. The maximum Gasteiger partial charge on any atom is 0.387 e. The Morgan fingerprint density at radius 3 is 2.77 bits per heavy atom. The molecule has 1 aliphatic carbocycles. The molecule has 0 saturated heterocycles. The monoisotopic (exact) mass is 331 g/mol.